The average molecular weight is 791 g/mol. The van der Waals surface area contributed by atoms with Gasteiger partial charge in [0.2, 0.25) is 5.95 Å². The molecule has 0 fully saturated rings. The molecular formula is C37H30FIrN3SSi-2. The molecule has 0 saturated carbocycles. The van der Waals surface area contributed by atoms with Crippen molar-refractivity contribution in [2.75, 3.05) is 0 Å². The summed E-state index contributed by atoms with van der Waals surface area (Å²) in [6, 6.07) is 36.3. The van der Waals surface area contributed by atoms with Crippen molar-refractivity contribution in [1.82, 2.24) is 15.0 Å². The topological polar surface area (TPSA) is 38.7 Å². The van der Waals surface area contributed by atoms with Crippen LogP contribution in [0.1, 0.15) is 9.68 Å². The Morgan fingerprint density at radius 3 is 2.30 bits per heavy atom. The molecule has 0 N–H and O–H groups in total. The van der Waals surface area contributed by atoms with Crippen molar-refractivity contribution in [2.45, 2.75) is 26.5 Å². The Hall–Kier alpha value is -3.87. The van der Waals surface area contributed by atoms with Crippen LogP contribution in [0.2, 0.25) is 19.6 Å². The number of thiophene rings is 1. The summed E-state index contributed by atoms with van der Waals surface area (Å²) >= 11 is 1.35. The van der Waals surface area contributed by atoms with Crippen LogP contribution >= 0.6 is 11.3 Å². The number of fused-ring (bicyclic) bond motifs is 3. The Labute approximate surface area is 280 Å². The minimum absolute atomic E-state index is 0. The second-order valence-corrected chi connectivity index (χ2v) is 17.2. The quantitative estimate of drug-likeness (QED) is 0.101. The Morgan fingerprint density at radius 2 is 1.59 bits per heavy atom. The predicted molar refractivity (Wildman–Crippen MR) is 181 cm³/mol. The van der Waals surface area contributed by atoms with E-state index in [0.29, 0.717) is 21.7 Å². The molecule has 0 spiro atoms. The number of hydrogen-bond donors (Lipinski definition) is 0. The summed E-state index contributed by atoms with van der Waals surface area (Å²) < 4.78 is 38.6. The van der Waals surface area contributed by atoms with Crippen LogP contribution in [0, 0.1) is 24.9 Å². The molecule has 0 bridgehead atoms. The number of aryl methyl sites for hydroxylation is 1. The smallest absolute Gasteiger partial charge is 0.214 e. The Balaban J connectivity index is 0.000000217. The molecule has 7 rings (SSSR count). The zero-order valence-electron chi connectivity index (χ0n) is 27.4. The van der Waals surface area contributed by atoms with Crippen LogP contribution in [0.15, 0.2) is 109 Å². The normalized spacial score (nSPS) is 12.4. The summed E-state index contributed by atoms with van der Waals surface area (Å²) in [7, 11) is -1.23. The molecule has 7 aromatic rings. The van der Waals surface area contributed by atoms with Crippen molar-refractivity contribution < 1.29 is 28.6 Å². The Bertz CT molecular complexity index is 2130. The van der Waals surface area contributed by atoms with E-state index in [2.05, 4.69) is 58.9 Å². The van der Waals surface area contributed by atoms with E-state index in [1.807, 2.05) is 66.9 Å². The summed E-state index contributed by atoms with van der Waals surface area (Å²) in [5.41, 5.74) is 4.86. The van der Waals surface area contributed by atoms with Gasteiger partial charge in [-0.25, -0.2) is 4.98 Å². The molecule has 3 nitrogen and oxygen atoms in total. The van der Waals surface area contributed by atoms with Gasteiger partial charge in [0, 0.05) is 47.6 Å². The van der Waals surface area contributed by atoms with Crippen LogP contribution in [0.25, 0.3) is 53.9 Å². The first-order valence-electron chi connectivity index (χ1n) is 15.4. The van der Waals surface area contributed by atoms with Crippen molar-refractivity contribution >= 4 is 44.9 Å². The SMILES string of the molecule is C[Si](C)(C)c1ccc(-c2[c-]cccc2)nc1.[2H]C([2H])([2H])c1cc(-c2[c-]ccc3c2sc2nc(F)ccc23)ncc1-c1ccccc1.[Ir]. The van der Waals surface area contributed by atoms with Crippen LogP contribution in [-0.2, 0) is 20.1 Å². The summed E-state index contributed by atoms with van der Waals surface area (Å²) in [4.78, 5) is 13.7. The maximum Gasteiger partial charge on any atom is 0.214 e. The fourth-order valence-corrected chi connectivity index (χ4v) is 6.98. The minimum atomic E-state index is -2.30. The van der Waals surface area contributed by atoms with Crippen LogP contribution in [0.5, 0.6) is 0 Å². The van der Waals surface area contributed by atoms with E-state index in [0.717, 1.165) is 32.3 Å². The molecule has 0 aliphatic carbocycles. The molecule has 0 saturated heterocycles. The third kappa shape index (κ3) is 6.77. The van der Waals surface area contributed by atoms with Crippen LogP contribution in [0.4, 0.5) is 4.39 Å². The monoisotopic (exact) mass is 791 g/mol. The molecule has 221 valence electrons. The number of aromatic nitrogens is 3. The van der Waals surface area contributed by atoms with Gasteiger partial charge in [0.25, 0.3) is 0 Å². The second-order valence-electron chi connectivity index (χ2n) is 11.1. The molecule has 1 radical (unpaired) electrons. The van der Waals surface area contributed by atoms with Gasteiger partial charge in [0.1, 0.15) is 4.83 Å². The first-order valence-corrected chi connectivity index (χ1v) is 18.2. The van der Waals surface area contributed by atoms with Crippen LogP contribution < -0.4 is 5.19 Å². The molecule has 0 atom stereocenters. The third-order valence-electron chi connectivity index (χ3n) is 7.12. The van der Waals surface area contributed by atoms with Gasteiger partial charge in [-0.1, -0.05) is 73.6 Å². The number of halogens is 1. The number of nitrogens with zero attached hydrogens (tertiary/aromatic N) is 3. The largest absolute Gasteiger partial charge is 0.305 e. The van der Waals surface area contributed by atoms with E-state index in [4.69, 9.17) is 4.11 Å². The first kappa shape index (κ1) is 27.7. The molecule has 4 aromatic heterocycles. The summed E-state index contributed by atoms with van der Waals surface area (Å²) in [5, 5.41) is 3.16. The van der Waals surface area contributed by atoms with Gasteiger partial charge in [0.15, 0.2) is 0 Å². The molecule has 0 aliphatic heterocycles. The maximum atomic E-state index is 13.6. The number of rotatable bonds is 4. The van der Waals surface area contributed by atoms with Gasteiger partial charge in [0.05, 0.1) is 8.07 Å². The van der Waals surface area contributed by atoms with Crippen molar-refractivity contribution in [3.63, 3.8) is 0 Å². The van der Waals surface area contributed by atoms with E-state index in [9.17, 15) is 4.39 Å². The van der Waals surface area contributed by atoms with Crippen molar-refractivity contribution in [3.05, 3.63) is 133 Å². The van der Waals surface area contributed by atoms with E-state index in [1.54, 1.807) is 24.4 Å². The van der Waals surface area contributed by atoms with Gasteiger partial charge in [-0.15, -0.1) is 59.7 Å². The van der Waals surface area contributed by atoms with Crippen molar-refractivity contribution in [1.29, 1.82) is 0 Å². The maximum absolute atomic E-state index is 13.6. The standard InChI is InChI=1S/C23H14FN2S.C14H16NSi.Ir/c1-14-12-20(25-13-19(14)15-6-3-2-4-7-15)18-9-5-8-16-17-10-11-21(24)26-23(17)27-22(16)18;1-16(2,3)13-9-10-14(15-11-13)12-7-5-4-6-8-12;/h2-8,10-13H,1H3;4-7,9-11H,1-3H3;/q2*-1;/i1D3;;. The van der Waals surface area contributed by atoms with E-state index in [1.165, 1.54) is 22.6 Å². The molecule has 0 amide bonds. The van der Waals surface area contributed by atoms with Crippen LogP contribution in [0.3, 0.4) is 0 Å². The number of benzene rings is 3. The predicted octanol–water partition coefficient (Wildman–Crippen LogP) is 9.52. The second kappa shape index (κ2) is 13.4. The average Bonchev–Trinajstić information content (AvgIpc) is 3.43. The fourth-order valence-electron chi connectivity index (χ4n) is 4.78. The molecule has 44 heavy (non-hydrogen) atoms. The molecule has 0 aliphatic rings. The fraction of sp³-hybridized carbons (Fsp3) is 0.108. The van der Waals surface area contributed by atoms with Gasteiger partial charge in [-0.05, 0) is 51.4 Å². The zero-order valence-corrected chi connectivity index (χ0v) is 28.6. The minimum Gasteiger partial charge on any atom is -0.305 e. The van der Waals surface area contributed by atoms with Crippen LogP contribution in [-0.4, -0.2) is 23.0 Å². The zero-order chi connectivity index (χ0) is 32.5. The summed E-state index contributed by atoms with van der Waals surface area (Å²) in [6.45, 7) is 4.69. The van der Waals surface area contributed by atoms with Gasteiger partial charge in [-0.3, -0.25) is 0 Å². The third-order valence-corrected chi connectivity index (χ3v) is 10.3. The molecule has 3 aromatic carbocycles. The summed E-state index contributed by atoms with van der Waals surface area (Å²) in [5.74, 6) is -0.533. The van der Waals surface area contributed by atoms with Crippen molar-refractivity contribution in [2.24, 2.45) is 0 Å². The molecular weight excluding hydrogens is 758 g/mol. The number of pyridine rings is 3. The van der Waals surface area contributed by atoms with E-state index in [-0.39, 0.29) is 25.7 Å². The first-order chi connectivity index (χ1) is 22.0. The van der Waals surface area contributed by atoms with Crippen molar-refractivity contribution in [3.8, 4) is 33.6 Å². The van der Waals surface area contributed by atoms with E-state index >= 15 is 0 Å². The van der Waals surface area contributed by atoms with Gasteiger partial charge >= 0.3 is 0 Å². The summed E-state index contributed by atoms with van der Waals surface area (Å²) in [6.07, 6.45) is 3.62. The Kier molecular flexibility index (Phi) is 8.43. The molecule has 7 heteroatoms. The van der Waals surface area contributed by atoms with Gasteiger partial charge < -0.3 is 9.97 Å². The van der Waals surface area contributed by atoms with E-state index < -0.39 is 20.9 Å². The number of hydrogen-bond acceptors (Lipinski definition) is 4. The Morgan fingerprint density at radius 1 is 0.795 bits per heavy atom. The van der Waals surface area contributed by atoms with Gasteiger partial charge in [-0.2, -0.15) is 15.7 Å². The molecule has 4 heterocycles. The molecule has 0 unspecified atom stereocenters.